The van der Waals surface area contributed by atoms with Crippen LogP contribution in [0.15, 0.2) is 11.6 Å². The van der Waals surface area contributed by atoms with E-state index in [-0.39, 0.29) is 41.6 Å². The molecule has 0 bridgehead atoms. The molecule has 2 saturated heterocycles. The largest absolute Gasteiger partial charge is 0.481 e. The van der Waals surface area contributed by atoms with Crippen molar-refractivity contribution >= 4 is 11.9 Å². The molecular weight excluding hydrogens is 712 g/mol. The lowest BCUT2D eigenvalue weighted by Crippen LogP contribution is -2.68. The Hall–Kier alpha value is -1.68. The predicted octanol–water partition coefficient (Wildman–Crippen LogP) is 3.29. The zero-order valence-electron chi connectivity index (χ0n) is 33.8. The summed E-state index contributed by atoms with van der Waals surface area (Å²) in [4.78, 5) is 28.8. The van der Waals surface area contributed by atoms with E-state index >= 15 is 0 Å². The molecule has 0 spiro atoms. The van der Waals surface area contributed by atoms with E-state index in [0.717, 1.165) is 24.8 Å². The Morgan fingerprint density at radius 2 is 1.31 bits per heavy atom. The van der Waals surface area contributed by atoms with Gasteiger partial charge in [-0.25, -0.2) is 0 Å². The van der Waals surface area contributed by atoms with Crippen LogP contribution in [0.3, 0.4) is 0 Å². The van der Waals surface area contributed by atoms with Gasteiger partial charge in [-0.05, 0) is 117 Å². The minimum Gasteiger partial charge on any atom is -0.481 e. The maximum atomic E-state index is 14.6. The van der Waals surface area contributed by atoms with E-state index in [0.29, 0.717) is 32.1 Å². The summed E-state index contributed by atoms with van der Waals surface area (Å²) in [6, 6.07) is 0. The molecule has 0 aromatic carbocycles. The fraction of sp³-hybridized carbons (Fsp3) is 0.905. The lowest BCUT2D eigenvalue weighted by molar-refractivity contribution is -0.324. The summed E-state index contributed by atoms with van der Waals surface area (Å²) in [6.45, 7) is 16.3. The number of esters is 1. The number of rotatable bonds is 5. The highest BCUT2D eigenvalue weighted by Gasteiger charge is 2.74. The van der Waals surface area contributed by atoms with Gasteiger partial charge < -0.3 is 54.7 Å². The summed E-state index contributed by atoms with van der Waals surface area (Å²) in [5.41, 5.74) is -2.72. The molecule has 20 atom stereocenters. The van der Waals surface area contributed by atoms with Gasteiger partial charge in [0.1, 0.15) is 36.6 Å². The number of fused-ring (bicyclic) bond motifs is 7. The molecule has 7 N–H and O–H groups in total. The molecule has 2 heterocycles. The number of carbonyl (C=O) groups excluding carboxylic acids is 1. The SMILES string of the molecule is C[C@H]1[C@H](C)CC[C@]2(C(=O)O[C@@H]3O[C@H](C)[C@@H](O)[C@H](O)[C@H]3O)CC[C@]3(C(=O)O)C(=CC[C@@H]4[C@@]5(C)CC[C@H](O[C@@H]6O[C@H](C)[C@@H](O)[C@H](O)[C@H]6O)C(C)(C)[C@H]5CC[C@]43C)[C@@H]12. The van der Waals surface area contributed by atoms with Crippen LogP contribution in [0.2, 0.25) is 0 Å². The van der Waals surface area contributed by atoms with Crippen LogP contribution in [0.1, 0.15) is 113 Å². The quantitative estimate of drug-likeness (QED) is 0.122. The number of carboxylic acid groups (broad SMARTS) is 1. The number of allylic oxidation sites excluding steroid dienone is 1. The van der Waals surface area contributed by atoms with Crippen molar-refractivity contribution in [1.82, 2.24) is 0 Å². The van der Waals surface area contributed by atoms with Crippen LogP contribution in [-0.2, 0) is 28.5 Å². The lowest BCUT2D eigenvalue weighted by Gasteiger charge is -2.70. The fourth-order valence-electron chi connectivity index (χ4n) is 13.8. The zero-order valence-corrected chi connectivity index (χ0v) is 33.8. The van der Waals surface area contributed by atoms with Gasteiger partial charge >= 0.3 is 11.9 Å². The van der Waals surface area contributed by atoms with Crippen molar-refractivity contribution in [2.24, 2.45) is 56.7 Å². The summed E-state index contributed by atoms with van der Waals surface area (Å²) in [7, 11) is 0. The molecule has 55 heavy (non-hydrogen) atoms. The number of hydrogen-bond donors (Lipinski definition) is 7. The van der Waals surface area contributed by atoms with Crippen LogP contribution in [0.5, 0.6) is 0 Å². The van der Waals surface area contributed by atoms with Gasteiger partial charge in [0.15, 0.2) is 6.29 Å². The number of aliphatic hydroxyl groups excluding tert-OH is 6. The van der Waals surface area contributed by atoms with Crippen molar-refractivity contribution in [1.29, 1.82) is 0 Å². The van der Waals surface area contributed by atoms with E-state index in [1.54, 1.807) is 13.8 Å². The van der Waals surface area contributed by atoms with Crippen LogP contribution in [0.4, 0.5) is 0 Å². The molecule has 13 nitrogen and oxygen atoms in total. The third kappa shape index (κ3) is 5.79. The number of aliphatic carboxylic acids is 1. The van der Waals surface area contributed by atoms with Crippen molar-refractivity contribution in [3.63, 3.8) is 0 Å². The maximum Gasteiger partial charge on any atom is 0.315 e. The minimum absolute atomic E-state index is 0.0169. The predicted molar refractivity (Wildman–Crippen MR) is 197 cm³/mol. The second kappa shape index (κ2) is 14.0. The highest BCUT2D eigenvalue weighted by molar-refractivity contribution is 5.85. The van der Waals surface area contributed by atoms with Gasteiger partial charge in [-0.1, -0.05) is 53.2 Å². The van der Waals surface area contributed by atoms with Crippen molar-refractivity contribution in [3.8, 4) is 0 Å². The van der Waals surface area contributed by atoms with Gasteiger partial charge in [0.25, 0.3) is 0 Å². The van der Waals surface area contributed by atoms with Gasteiger partial charge in [-0.15, -0.1) is 0 Å². The van der Waals surface area contributed by atoms with Gasteiger partial charge in [0.2, 0.25) is 6.29 Å². The normalized spacial score (nSPS) is 54.8. The molecule has 2 aliphatic heterocycles. The molecule has 4 saturated carbocycles. The molecule has 0 aromatic rings. The molecule has 0 radical (unpaired) electrons. The Morgan fingerprint density at radius 3 is 1.93 bits per heavy atom. The Labute approximate surface area is 324 Å². The van der Waals surface area contributed by atoms with Gasteiger partial charge in [-0.3, -0.25) is 9.59 Å². The first-order valence-electron chi connectivity index (χ1n) is 20.8. The first-order valence-corrected chi connectivity index (χ1v) is 20.8. The number of aliphatic hydroxyl groups is 6. The van der Waals surface area contributed by atoms with E-state index in [9.17, 15) is 45.3 Å². The van der Waals surface area contributed by atoms with E-state index in [1.807, 2.05) is 0 Å². The molecular formula is C42H66O13. The highest BCUT2D eigenvalue weighted by atomic mass is 16.7. The molecule has 312 valence electrons. The second-order valence-corrected chi connectivity index (χ2v) is 19.9. The summed E-state index contributed by atoms with van der Waals surface area (Å²) in [5.74, 6) is -1.47. The Bertz CT molecular complexity index is 1530. The monoisotopic (exact) mass is 778 g/mol. The minimum atomic E-state index is -1.64. The van der Waals surface area contributed by atoms with E-state index in [4.69, 9.17) is 18.9 Å². The van der Waals surface area contributed by atoms with Crippen molar-refractivity contribution in [3.05, 3.63) is 11.6 Å². The summed E-state index contributed by atoms with van der Waals surface area (Å²) >= 11 is 0. The van der Waals surface area contributed by atoms with E-state index in [2.05, 4.69) is 47.6 Å². The van der Waals surface area contributed by atoms with Crippen molar-refractivity contribution < 1.29 is 64.3 Å². The average molecular weight is 779 g/mol. The summed E-state index contributed by atoms with van der Waals surface area (Å²) in [5, 5.41) is 74.7. The lowest BCUT2D eigenvalue weighted by atomic mass is 9.33. The van der Waals surface area contributed by atoms with Crippen LogP contribution < -0.4 is 0 Å². The van der Waals surface area contributed by atoms with Gasteiger partial charge in [0.05, 0.1) is 29.1 Å². The van der Waals surface area contributed by atoms with Gasteiger partial charge in [-0.2, -0.15) is 0 Å². The smallest absolute Gasteiger partial charge is 0.315 e. The molecule has 7 rings (SSSR count). The van der Waals surface area contributed by atoms with Crippen LogP contribution >= 0.6 is 0 Å². The van der Waals surface area contributed by atoms with Crippen LogP contribution in [0, 0.1) is 56.7 Å². The maximum absolute atomic E-state index is 14.6. The third-order valence-corrected chi connectivity index (χ3v) is 17.3. The number of ether oxygens (including phenoxy) is 4. The fourth-order valence-corrected chi connectivity index (χ4v) is 13.8. The van der Waals surface area contributed by atoms with E-state index < -0.39 is 101 Å². The third-order valence-electron chi connectivity index (χ3n) is 17.3. The zero-order chi connectivity index (χ0) is 40.4. The van der Waals surface area contributed by atoms with Crippen molar-refractivity contribution in [2.75, 3.05) is 0 Å². The molecule has 0 unspecified atom stereocenters. The molecule has 7 aliphatic rings. The first kappa shape index (κ1) is 41.5. The standard InChI is InChI=1S/C42H66O13/c1-19-11-16-41(37(51)55-35-33(48)31(46)29(44)22(4)53-35)17-18-42(36(49)50)23(27(41)20(19)2)9-10-25-39(7)14-13-26(38(5,6)24(39)12-15-40(25,42)8)54-34-32(47)30(45)28(43)21(3)52-34/h9,19-22,24-35,43-48H,10-18H2,1-8H3,(H,49,50)/t19-,20+,21-,22-,24-,25-,26+,27-,28-,29-,30+,31+,32-,33-,34+,35+,39+,40-,41+,42-/m1/s1. The topological polar surface area (TPSA) is 213 Å². The Balaban J connectivity index is 1.21. The number of hydrogen-bond acceptors (Lipinski definition) is 12. The van der Waals surface area contributed by atoms with Crippen molar-refractivity contribution in [2.45, 2.75) is 181 Å². The average Bonchev–Trinajstić information content (AvgIpc) is 3.12. The Morgan fingerprint density at radius 1 is 0.709 bits per heavy atom. The number of carbonyl (C=O) groups is 2. The number of carboxylic acids is 1. The van der Waals surface area contributed by atoms with Crippen LogP contribution in [0.25, 0.3) is 0 Å². The molecule has 6 fully saturated rings. The second-order valence-electron chi connectivity index (χ2n) is 19.9. The molecule has 0 amide bonds. The highest BCUT2D eigenvalue weighted by Crippen LogP contribution is 2.76. The Kier molecular flexibility index (Phi) is 10.5. The first-order chi connectivity index (χ1) is 25.6. The van der Waals surface area contributed by atoms with E-state index in [1.165, 1.54) is 0 Å². The van der Waals surface area contributed by atoms with Crippen LogP contribution in [-0.4, -0.2) is 115 Å². The van der Waals surface area contributed by atoms with Gasteiger partial charge in [0, 0.05) is 0 Å². The summed E-state index contributed by atoms with van der Waals surface area (Å²) in [6.07, 6.45) is -5.50. The molecule has 5 aliphatic carbocycles. The molecule has 13 heteroatoms. The molecule has 0 aromatic heterocycles. The summed E-state index contributed by atoms with van der Waals surface area (Å²) < 4.78 is 24.0.